The zero-order chi connectivity index (χ0) is 14.3. The minimum Gasteiger partial charge on any atom is -0.392 e. The maximum Gasteiger partial charge on any atom is 0.225 e. The van der Waals surface area contributed by atoms with Crippen molar-refractivity contribution in [3.8, 4) is 0 Å². The standard InChI is InChI=1S/C15H27N3O/c1-12(2)5-7-18(8-6-13(3)4)15-16-9-14(11-19)10-17-15/h9-10,12-13,19H,5-8,11H2,1-4H3. The summed E-state index contributed by atoms with van der Waals surface area (Å²) in [6.07, 6.45) is 5.70. The number of nitrogens with zero attached hydrogens (tertiary/aromatic N) is 3. The molecule has 0 aliphatic heterocycles. The molecule has 0 saturated heterocycles. The maximum absolute atomic E-state index is 9.03. The second kappa shape index (κ2) is 8.10. The Labute approximate surface area is 116 Å². The molecular formula is C15H27N3O. The molecule has 1 aromatic heterocycles. The summed E-state index contributed by atoms with van der Waals surface area (Å²) in [5.74, 6) is 2.13. The van der Waals surface area contributed by atoms with Gasteiger partial charge in [-0.2, -0.15) is 0 Å². The van der Waals surface area contributed by atoms with Crippen LogP contribution in [0.3, 0.4) is 0 Å². The first-order chi connectivity index (χ1) is 9.02. The van der Waals surface area contributed by atoms with Gasteiger partial charge in [-0.05, 0) is 24.7 Å². The van der Waals surface area contributed by atoms with Crippen molar-refractivity contribution < 1.29 is 5.11 Å². The number of aromatic nitrogens is 2. The molecule has 1 heterocycles. The first-order valence-electron chi connectivity index (χ1n) is 7.19. The molecule has 108 valence electrons. The molecule has 0 saturated carbocycles. The van der Waals surface area contributed by atoms with E-state index in [1.54, 1.807) is 12.4 Å². The second-order valence-corrected chi connectivity index (χ2v) is 5.90. The smallest absolute Gasteiger partial charge is 0.225 e. The van der Waals surface area contributed by atoms with Gasteiger partial charge in [0.1, 0.15) is 0 Å². The van der Waals surface area contributed by atoms with Crippen LogP contribution in [0.25, 0.3) is 0 Å². The van der Waals surface area contributed by atoms with Crippen molar-refractivity contribution in [2.45, 2.75) is 47.1 Å². The van der Waals surface area contributed by atoms with E-state index in [2.05, 4.69) is 42.6 Å². The van der Waals surface area contributed by atoms with Gasteiger partial charge in [0.25, 0.3) is 0 Å². The van der Waals surface area contributed by atoms with Gasteiger partial charge in [-0.15, -0.1) is 0 Å². The Balaban J connectivity index is 2.69. The maximum atomic E-state index is 9.03. The highest BCUT2D eigenvalue weighted by molar-refractivity contribution is 5.29. The van der Waals surface area contributed by atoms with Crippen molar-refractivity contribution in [2.24, 2.45) is 11.8 Å². The van der Waals surface area contributed by atoms with Crippen LogP contribution in [-0.2, 0) is 6.61 Å². The summed E-state index contributed by atoms with van der Waals surface area (Å²) in [6, 6.07) is 0. The number of aliphatic hydroxyl groups excluding tert-OH is 1. The minimum absolute atomic E-state index is 0.00172. The van der Waals surface area contributed by atoms with Crippen LogP contribution >= 0.6 is 0 Å². The molecule has 0 unspecified atom stereocenters. The van der Waals surface area contributed by atoms with Gasteiger partial charge in [0.2, 0.25) is 5.95 Å². The third-order valence-electron chi connectivity index (χ3n) is 3.11. The Bertz CT molecular complexity index is 337. The second-order valence-electron chi connectivity index (χ2n) is 5.90. The molecular weight excluding hydrogens is 238 g/mol. The van der Waals surface area contributed by atoms with Crippen LogP contribution in [0.2, 0.25) is 0 Å². The number of hydrogen-bond donors (Lipinski definition) is 1. The van der Waals surface area contributed by atoms with Crippen molar-refractivity contribution in [3.05, 3.63) is 18.0 Å². The van der Waals surface area contributed by atoms with E-state index < -0.39 is 0 Å². The number of anilines is 1. The van der Waals surface area contributed by atoms with Gasteiger partial charge in [0.15, 0.2) is 0 Å². The van der Waals surface area contributed by atoms with Gasteiger partial charge < -0.3 is 10.0 Å². The third kappa shape index (κ3) is 6.01. The Morgan fingerprint density at radius 1 is 1.00 bits per heavy atom. The first-order valence-corrected chi connectivity index (χ1v) is 7.19. The average molecular weight is 265 g/mol. The number of hydrogen-bond acceptors (Lipinski definition) is 4. The van der Waals surface area contributed by atoms with Crippen LogP contribution < -0.4 is 4.90 Å². The quantitative estimate of drug-likeness (QED) is 0.785. The molecule has 4 heteroatoms. The molecule has 0 spiro atoms. The van der Waals surface area contributed by atoms with Crippen molar-refractivity contribution in [3.63, 3.8) is 0 Å². The Morgan fingerprint density at radius 2 is 1.47 bits per heavy atom. The number of rotatable bonds is 8. The van der Waals surface area contributed by atoms with Gasteiger partial charge in [-0.1, -0.05) is 27.7 Å². The van der Waals surface area contributed by atoms with Gasteiger partial charge in [0.05, 0.1) is 6.61 Å². The normalized spacial score (nSPS) is 11.3. The fourth-order valence-corrected chi connectivity index (χ4v) is 1.73. The predicted molar refractivity (Wildman–Crippen MR) is 79.1 cm³/mol. The van der Waals surface area contributed by atoms with Crippen LogP contribution in [0, 0.1) is 11.8 Å². The highest BCUT2D eigenvalue weighted by Crippen LogP contribution is 2.13. The lowest BCUT2D eigenvalue weighted by Gasteiger charge is -2.24. The molecule has 0 atom stereocenters. The van der Waals surface area contributed by atoms with E-state index in [1.807, 2.05) is 0 Å². The number of aliphatic hydroxyl groups is 1. The molecule has 1 aromatic rings. The molecule has 19 heavy (non-hydrogen) atoms. The summed E-state index contributed by atoms with van der Waals surface area (Å²) < 4.78 is 0. The van der Waals surface area contributed by atoms with E-state index in [-0.39, 0.29) is 6.61 Å². The highest BCUT2D eigenvalue weighted by Gasteiger charge is 2.11. The third-order valence-corrected chi connectivity index (χ3v) is 3.11. The Kier molecular flexibility index (Phi) is 6.78. The molecule has 0 aliphatic rings. The van der Waals surface area contributed by atoms with Gasteiger partial charge in [-0.25, -0.2) is 9.97 Å². The van der Waals surface area contributed by atoms with Crippen molar-refractivity contribution in [2.75, 3.05) is 18.0 Å². The van der Waals surface area contributed by atoms with E-state index in [9.17, 15) is 0 Å². The van der Waals surface area contributed by atoms with E-state index in [1.165, 1.54) is 0 Å². The van der Waals surface area contributed by atoms with Crippen molar-refractivity contribution in [1.29, 1.82) is 0 Å². The van der Waals surface area contributed by atoms with E-state index in [0.29, 0.717) is 11.8 Å². The van der Waals surface area contributed by atoms with Crippen LogP contribution in [0.1, 0.15) is 46.1 Å². The molecule has 0 fully saturated rings. The molecule has 1 N–H and O–H groups in total. The van der Waals surface area contributed by atoms with Crippen LogP contribution in [0.4, 0.5) is 5.95 Å². The zero-order valence-corrected chi connectivity index (χ0v) is 12.6. The lowest BCUT2D eigenvalue weighted by molar-refractivity contribution is 0.281. The Morgan fingerprint density at radius 3 is 1.84 bits per heavy atom. The highest BCUT2D eigenvalue weighted by atomic mass is 16.3. The summed E-state index contributed by atoms with van der Waals surface area (Å²) >= 11 is 0. The summed E-state index contributed by atoms with van der Waals surface area (Å²) in [4.78, 5) is 11.0. The molecule has 0 bridgehead atoms. The van der Waals surface area contributed by atoms with Crippen molar-refractivity contribution >= 4 is 5.95 Å². The molecule has 0 amide bonds. The fraction of sp³-hybridized carbons (Fsp3) is 0.733. The lowest BCUT2D eigenvalue weighted by Crippen LogP contribution is -2.29. The van der Waals surface area contributed by atoms with Gasteiger partial charge >= 0.3 is 0 Å². The molecule has 0 radical (unpaired) electrons. The fourth-order valence-electron chi connectivity index (χ4n) is 1.73. The summed E-state index contributed by atoms with van der Waals surface area (Å²) in [7, 11) is 0. The van der Waals surface area contributed by atoms with Crippen LogP contribution in [0.15, 0.2) is 12.4 Å². The SMILES string of the molecule is CC(C)CCN(CCC(C)C)c1ncc(CO)cn1. The summed E-state index contributed by atoms with van der Waals surface area (Å²) in [5.41, 5.74) is 0.761. The summed E-state index contributed by atoms with van der Waals surface area (Å²) in [5, 5.41) is 9.03. The van der Waals surface area contributed by atoms with E-state index >= 15 is 0 Å². The average Bonchev–Trinajstić information content (AvgIpc) is 2.38. The monoisotopic (exact) mass is 265 g/mol. The van der Waals surface area contributed by atoms with E-state index in [0.717, 1.165) is 37.4 Å². The summed E-state index contributed by atoms with van der Waals surface area (Å²) in [6.45, 7) is 10.9. The lowest BCUT2D eigenvalue weighted by atomic mass is 10.1. The van der Waals surface area contributed by atoms with Crippen molar-refractivity contribution in [1.82, 2.24) is 9.97 Å². The van der Waals surface area contributed by atoms with E-state index in [4.69, 9.17) is 5.11 Å². The first kappa shape index (κ1) is 15.9. The van der Waals surface area contributed by atoms with Crippen LogP contribution in [0.5, 0.6) is 0 Å². The van der Waals surface area contributed by atoms with Gasteiger partial charge in [-0.3, -0.25) is 0 Å². The zero-order valence-electron chi connectivity index (χ0n) is 12.6. The molecule has 0 aliphatic carbocycles. The molecule has 1 rings (SSSR count). The van der Waals surface area contributed by atoms with Crippen LogP contribution in [-0.4, -0.2) is 28.2 Å². The van der Waals surface area contributed by atoms with Gasteiger partial charge in [0, 0.05) is 31.0 Å². The topological polar surface area (TPSA) is 49.2 Å². The minimum atomic E-state index is -0.00172. The molecule has 0 aromatic carbocycles. The molecule has 4 nitrogen and oxygen atoms in total. The largest absolute Gasteiger partial charge is 0.392 e. The Hall–Kier alpha value is -1.16. The predicted octanol–water partition coefficient (Wildman–Crippen LogP) is 2.87.